The molecule has 0 saturated heterocycles. The molecular formula is C20H32O2. The predicted molar refractivity (Wildman–Crippen MR) is 92.5 cm³/mol. The van der Waals surface area contributed by atoms with Gasteiger partial charge in [-0.15, -0.1) is 0 Å². The van der Waals surface area contributed by atoms with Gasteiger partial charge in [0.25, 0.3) is 0 Å². The minimum Gasteiger partial charge on any atom is -0.389 e. The number of aliphatic hydroxyl groups is 2. The standard InChI is InChI=1S/C20H32O2/c1-13-6-8-17-18(20(17,4)5)12-15(3)19(22)9-7-14(2)11-16(21)10-13/h7,10,12,16-19,21-22H,6,8-9,11H2,1-5H3. The van der Waals surface area contributed by atoms with Crippen LogP contribution in [-0.4, -0.2) is 22.4 Å². The van der Waals surface area contributed by atoms with Crippen molar-refractivity contribution in [2.75, 3.05) is 0 Å². The van der Waals surface area contributed by atoms with E-state index in [0.717, 1.165) is 17.6 Å². The van der Waals surface area contributed by atoms with Crippen LogP contribution in [0, 0.1) is 17.3 Å². The molecular weight excluding hydrogens is 272 g/mol. The van der Waals surface area contributed by atoms with Crippen LogP contribution in [0.5, 0.6) is 0 Å². The van der Waals surface area contributed by atoms with Crippen LogP contribution >= 0.6 is 0 Å². The van der Waals surface area contributed by atoms with Crippen molar-refractivity contribution in [3.05, 3.63) is 34.9 Å². The Bertz CT molecular complexity index is 496. The Balaban J connectivity index is 2.21. The minimum atomic E-state index is -0.406. The van der Waals surface area contributed by atoms with Gasteiger partial charge in [0, 0.05) is 0 Å². The third kappa shape index (κ3) is 4.11. The van der Waals surface area contributed by atoms with E-state index < -0.39 is 12.2 Å². The lowest BCUT2D eigenvalue weighted by Gasteiger charge is -2.12. The molecule has 22 heavy (non-hydrogen) atoms. The summed E-state index contributed by atoms with van der Waals surface area (Å²) in [5.41, 5.74) is 3.87. The topological polar surface area (TPSA) is 40.5 Å². The molecule has 124 valence electrons. The minimum absolute atomic E-state index is 0.339. The Morgan fingerprint density at radius 1 is 1.05 bits per heavy atom. The van der Waals surface area contributed by atoms with Gasteiger partial charge in [-0.05, 0) is 69.3 Å². The Kier molecular flexibility index (Phi) is 5.34. The number of fused-ring (bicyclic) bond motifs is 1. The van der Waals surface area contributed by atoms with Crippen LogP contribution in [0.15, 0.2) is 34.9 Å². The highest BCUT2D eigenvalue weighted by molar-refractivity contribution is 5.21. The van der Waals surface area contributed by atoms with E-state index in [4.69, 9.17) is 0 Å². The van der Waals surface area contributed by atoms with Crippen molar-refractivity contribution >= 4 is 0 Å². The van der Waals surface area contributed by atoms with Crippen molar-refractivity contribution in [2.45, 2.75) is 72.5 Å². The molecule has 4 unspecified atom stereocenters. The van der Waals surface area contributed by atoms with Crippen LogP contribution in [0.25, 0.3) is 0 Å². The van der Waals surface area contributed by atoms with Crippen LogP contribution in [0.4, 0.5) is 0 Å². The Morgan fingerprint density at radius 3 is 2.41 bits per heavy atom. The van der Waals surface area contributed by atoms with Crippen LogP contribution in [-0.2, 0) is 0 Å². The molecule has 2 rings (SSSR count). The third-order valence-electron chi connectivity index (χ3n) is 5.65. The van der Waals surface area contributed by atoms with Crippen LogP contribution in [0.2, 0.25) is 0 Å². The van der Waals surface area contributed by atoms with Gasteiger partial charge in [0.15, 0.2) is 0 Å². The molecule has 0 amide bonds. The van der Waals surface area contributed by atoms with Crippen LogP contribution in [0.3, 0.4) is 0 Å². The lowest BCUT2D eigenvalue weighted by Crippen LogP contribution is -2.09. The van der Waals surface area contributed by atoms with E-state index in [0.29, 0.717) is 30.1 Å². The van der Waals surface area contributed by atoms with E-state index in [1.165, 1.54) is 12.0 Å². The first-order valence-corrected chi connectivity index (χ1v) is 8.59. The Morgan fingerprint density at radius 2 is 1.73 bits per heavy atom. The van der Waals surface area contributed by atoms with E-state index in [-0.39, 0.29) is 0 Å². The molecule has 2 aliphatic carbocycles. The smallest absolute Gasteiger partial charge is 0.0782 e. The van der Waals surface area contributed by atoms with Crippen molar-refractivity contribution in [3.63, 3.8) is 0 Å². The van der Waals surface area contributed by atoms with Gasteiger partial charge in [0.05, 0.1) is 12.2 Å². The maximum atomic E-state index is 10.3. The highest BCUT2D eigenvalue weighted by Gasteiger charge is 2.55. The summed E-state index contributed by atoms with van der Waals surface area (Å²) < 4.78 is 0. The van der Waals surface area contributed by atoms with Gasteiger partial charge >= 0.3 is 0 Å². The van der Waals surface area contributed by atoms with Gasteiger partial charge < -0.3 is 10.2 Å². The fourth-order valence-electron chi connectivity index (χ4n) is 3.83. The molecule has 0 radical (unpaired) electrons. The zero-order valence-electron chi connectivity index (χ0n) is 14.8. The highest BCUT2D eigenvalue weighted by atomic mass is 16.3. The summed E-state index contributed by atoms with van der Waals surface area (Å²) in [4.78, 5) is 0. The first-order valence-electron chi connectivity index (χ1n) is 8.59. The number of allylic oxidation sites excluding steroid dienone is 2. The van der Waals surface area contributed by atoms with Gasteiger partial charge in [-0.2, -0.15) is 0 Å². The Hall–Kier alpha value is -0.860. The van der Waals surface area contributed by atoms with E-state index >= 15 is 0 Å². The number of rotatable bonds is 0. The van der Waals surface area contributed by atoms with E-state index in [1.807, 2.05) is 19.9 Å². The lowest BCUT2D eigenvalue weighted by molar-refractivity contribution is 0.211. The highest BCUT2D eigenvalue weighted by Crippen LogP contribution is 2.61. The summed E-state index contributed by atoms with van der Waals surface area (Å²) in [7, 11) is 0. The monoisotopic (exact) mass is 304 g/mol. The quantitative estimate of drug-likeness (QED) is 0.651. The number of hydrogen-bond acceptors (Lipinski definition) is 2. The summed E-state index contributed by atoms with van der Waals surface area (Å²) in [5.74, 6) is 1.27. The second-order valence-corrected chi connectivity index (χ2v) is 7.99. The van der Waals surface area contributed by atoms with Gasteiger partial charge in [0.1, 0.15) is 0 Å². The first-order chi connectivity index (χ1) is 10.2. The molecule has 4 atom stereocenters. The zero-order chi connectivity index (χ0) is 16.5. The van der Waals surface area contributed by atoms with E-state index in [9.17, 15) is 10.2 Å². The maximum absolute atomic E-state index is 10.3. The third-order valence-corrected chi connectivity index (χ3v) is 5.65. The molecule has 2 heteroatoms. The van der Waals surface area contributed by atoms with Crippen molar-refractivity contribution in [3.8, 4) is 0 Å². The molecule has 0 bridgehead atoms. The van der Waals surface area contributed by atoms with Gasteiger partial charge in [-0.1, -0.05) is 43.2 Å². The van der Waals surface area contributed by atoms with Crippen LogP contribution in [0.1, 0.15) is 60.3 Å². The summed E-state index contributed by atoms with van der Waals surface area (Å²) in [6.45, 7) is 10.9. The van der Waals surface area contributed by atoms with E-state index in [1.54, 1.807) is 0 Å². The molecule has 1 fully saturated rings. The average Bonchev–Trinajstić information content (AvgIpc) is 2.92. The van der Waals surface area contributed by atoms with Crippen molar-refractivity contribution in [1.82, 2.24) is 0 Å². The number of aliphatic hydroxyl groups excluding tert-OH is 2. The molecule has 0 aromatic carbocycles. The van der Waals surface area contributed by atoms with E-state index in [2.05, 4.69) is 32.9 Å². The summed E-state index contributed by atoms with van der Waals surface area (Å²) in [6, 6.07) is 0. The summed E-state index contributed by atoms with van der Waals surface area (Å²) in [6.07, 6.45) is 9.09. The molecule has 2 N–H and O–H groups in total. The fourth-order valence-corrected chi connectivity index (χ4v) is 3.83. The molecule has 0 heterocycles. The molecule has 0 aromatic rings. The lowest BCUT2D eigenvalue weighted by atomic mass is 9.99. The van der Waals surface area contributed by atoms with Gasteiger partial charge in [-0.25, -0.2) is 0 Å². The molecule has 2 nitrogen and oxygen atoms in total. The molecule has 0 aromatic heterocycles. The molecule has 0 aliphatic heterocycles. The molecule has 1 saturated carbocycles. The summed E-state index contributed by atoms with van der Waals surface area (Å²) >= 11 is 0. The number of hydrogen-bond donors (Lipinski definition) is 2. The first kappa shape index (κ1) is 17.5. The molecule has 0 spiro atoms. The Labute approximate surface area is 135 Å². The molecule has 2 aliphatic rings. The SMILES string of the molecule is CC1=CC(O)CC(C)=CCC(O)C(C)=CC2C(CC1)C2(C)C. The maximum Gasteiger partial charge on any atom is 0.0782 e. The van der Waals surface area contributed by atoms with Crippen molar-refractivity contribution < 1.29 is 10.2 Å². The summed E-state index contributed by atoms with van der Waals surface area (Å²) in [5, 5.41) is 20.5. The van der Waals surface area contributed by atoms with Crippen molar-refractivity contribution in [2.24, 2.45) is 17.3 Å². The van der Waals surface area contributed by atoms with Crippen molar-refractivity contribution in [1.29, 1.82) is 0 Å². The van der Waals surface area contributed by atoms with Gasteiger partial charge in [0.2, 0.25) is 0 Å². The normalized spacial score (nSPS) is 36.4. The van der Waals surface area contributed by atoms with Crippen LogP contribution < -0.4 is 0 Å². The average molecular weight is 304 g/mol. The predicted octanol–water partition coefficient (Wildman–Crippen LogP) is 4.39. The zero-order valence-corrected chi connectivity index (χ0v) is 14.8. The fraction of sp³-hybridized carbons (Fsp3) is 0.700. The van der Waals surface area contributed by atoms with Gasteiger partial charge in [-0.3, -0.25) is 0 Å². The second-order valence-electron chi connectivity index (χ2n) is 7.99. The largest absolute Gasteiger partial charge is 0.389 e. The second kappa shape index (κ2) is 6.72.